The molecule has 0 N–H and O–H groups in total. The fourth-order valence-corrected chi connectivity index (χ4v) is 3.07. The van der Waals surface area contributed by atoms with E-state index in [0.29, 0.717) is 19.5 Å². The van der Waals surface area contributed by atoms with Gasteiger partial charge in [-0.25, -0.2) is 4.98 Å². The summed E-state index contributed by atoms with van der Waals surface area (Å²) in [6.45, 7) is 3.29. The highest BCUT2D eigenvalue weighted by molar-refractivity contribution is 7.09. The minimum atomic E-state index is 0.131. The van der Waals surface area contributed by atoms with Gasteiger partial charge < -0.3 is 4.90 Å². The summed E-state index contributed by atoms with van der Waals surface area (Å²) < 4.78 is 0. The van der Waals surface area contributed by atoms with Crippen LogP contribution in [0.5, 0.6) is 0 Å². The topological polar surface area (TPSA) is 33.2 Å². The van der Waals surface area contributed by atoms with Crippen molar-refractivity contribution in [3.8, 4) is 0 Å². The first-order chi connectivity index (χ1) is 11.2. The van der Waals surface area contributed by atoms with Crippen LogP contribution in [-0.2, 0) is 17.8 Å². The van der Waals surface area contributed by atoms with Crippen molar-refractivity contribution >= 4 is 28.8 Å². The molecule has 0 atom stereocenters. The molecule has 23 heavy (non-hydrogen) atoms. The molecule has 0 aliphatic carbocycles. The van der Waals surface area contributed by atoms with E-state index in [1.54, 1.807) is 17.5 Å². The van der Waals surface area contributed by atoms with Crippen molar-refractivity contribution in [1.82, 2.24) is 9.88 Å². The number of halogens is 1. The third-order valence-electron chi connectivity index (χ3n) is 3.42. The van der Waals surface area contributed by atoms with Gasteiger partial charge in [0.15, 0.2) is 0 Å². The molecule has 0 unspecified atom stereocenters. The van der Waals surface area contributed by atoms with Crippen LogP contribution in [0.1, 0.15) is 30.3 Å². The largest absolute Gasteiger partial charge is 0.335 e. The molecule has 0 spiro atoms. The number of hydrogen-bond acceptors (Lipinski definition) is 3. The predicted octanol–water partition coefficient (Wildman–Crippen LogP) is 4.72. The third kappa shape index (κ3) is 6.16. The highest BCUT2D eigenvalue weighted by Crippen LogP contribution is 2.14. The standard InChI is InChI=1S/C18H21ClN2OS/c1-2-3-4-8-18(22)21(14-17-20-10-12-23-17)11-9-15-6-5-7-16(19)13-15/h3-7,10,12-13H,2,8-9,11,14H2,1H3. The Bertz CT molecular complexity index is 640. The summed E-state index contributed by atoms with van der Waals surface area (Å²) in [4.78, 5) is 18.6. The van der Waals surface area contributed by atoms with E-state index in [2.05, 4.69) is 11.9 Å². The zero-order valence-electron chi connectivity index (χ0n) is 13.2. The van der Waals surface area contributed by atoms with Gasteiger partial charge in [0.2, 0.25) is 5.91 Å². The lowest BCUT2D eigenvalue weighted by Gasteiger charge is -2.21. The Morgan fingerprint density at radius 3 is 2.96 bits per heavy atom. The molecular formula is C18H21ClN2OS. The molecule has 2 aromatic rings. The van der Waals surface area contributed by atoms with Gasteiger partial charge in [0, 0.05) is 29.6 Å². The molecule has 0 fully saturated rings. The molecule has 2 rings (SSSR count). The quantitative estimate of drug-likeness (QED) is 0.646. The Morgan fingerprint density at radius 2 is 2.26 bits per heavy atom. The van der Waals surface area contributed by atoms with Crippen molar-refractivity contribution in [3.05, 3.63) is 63.6 Å². The van der Waals surface area contributed by atoms with E-state index in [1.165, 1.54) is 0 Å². The van der Waals surface area contributed by atoms with E-state index < -0.39 is 0 Å². The highest BCUT2D eigenvalue weighted by atomic mass is 35.5. The first-order valence-electron chi connectivity index (χ1n) is 7.74. The van der Waals surface area contributed by atoms with Crippen molar-refractivity contribution in [1.29, 1.82) is 0 Å². The SMILES string of the molecule is CCC=CCC(=O)N(CCc1cccc(Cl)c1)Cc1nccs1. The van der Waals surface area contributed by atoms with Gasteiger partial charge in [0.05, 0.1) is 6.54 Å². The summed E-state index contributed by atoms with van der Waals surface area (Å²) in [7, 11) is 0. The van der Waals surface area contributed by atoms with E-state index in [4.69, 9.17) is 11.6 Å². The number of rotatable bonds is 8. The second-order valence-electron chi connectivity index (χ2n) is 5.20. The van der Waals surface area contributed by atoms with Gasteiger partial charge in [-0.05, 0) is 30.5 Å². The summed E-state index contributed by atoms with van der Waals surface area (Å²) in [5.74, 6) is 0.131. The van der Waals surface area contributed by atoms with E-state index in [-0.39, 0.29) is 5.91 Å². The van der Waals surface area contributed by atoms with Crippen molar-refractivity contribution in [2.45, 2.75) is 32.7 Å². The summed E-state index contributed by atoms with van der Waals surface area (Å²) in [6, 6.07) is 7.78. The molecule has 0 bridgehead atoms. The molecule has 0 saturated heterocycles. The Hall–Kier alpha value is -1.65. The summed E-state index contributed by atoms with van der Waals surface area (Å²) in [6.07, 6.45) is 7.91. The maximum Gasteiger partial charge on any atom is 0.226 e. The Morgan fingerprint density at radius 1 is 1.39 bits per heavy atom. The van der Waals surface area contributed by atoms with Crippen LogP contribution in [0.4, 0.5) is 0 Å². The zero-order valence-corrected chi connectivity index (χ0v) is 14.8. The number of nitrogens with zero attached hydrogens (tertiary/aromatic N) is 2. The number of benzene rings is 1. The summed E-state index contributed by atoms with van der Waals surface area (Å²) >= 11 is 7.60. The lowest BCUT2D eigenvalue weighted by Crippen LogP contribution is -2.32. The minimum Gasteiger partial charge on any atom is -0.335 e. The molecular weight excluding hydrogens is 328 g/mol. The van der Waals surface area contributed by atoms with Gasteiger partial charge in [0.25, 0.3) is 0 Å². The second kappa shape index (κ2) is 9.48. The Kier molecular flexibility index (Phi) is 7.30. The molecule has 1 aromatic heterocycles. The maximum atomic E-state index is 12.5. The fourth-order valence-electron chi connectivity index (χ4n) is 2.22. The van der Waals surface area contributed by atoms with Gasteiger partial charge >= 0.3 is 0 Å². The first-order valence-corrected chi connectivity index (χ1v) is 9.00. The van der Waals surface area contributed by atoms with Gasteiger partial charge in [-0.3, -0.25) is 4.79 Å². The van der Waals surface area contributed by atoms with Crippen molar-refractivity contribution in [2.75, 3.05) is 6.54 Å². The predicted molar refractivity (Wildman–Crippen MR) is 96.7 cm³/mol. The van der Waals surface area contributed by atoms with Crippen LogP contribution < -0.4 is 0 Å². The number of amides is 1. The van der Waals surface area contributed by atoms with Crippen LogP contribution in [0, 0.1) is 0 Å². The average molecular weight is 349 g/mol. The molecule has 0 aliphatic heterocycles. The number of thiazole rings is 1. The van der Waals surface area contributed by atoms with Crippen LogP contribution in [-0.4, -0.2) is 22.3 Å². The smallest absolute Gasteiger partial charge is 0.226 e. The lowest BCUT2D eigenvalue weighted by atomic mass is 10.1. The zero-order chi connectivity index (χ0) is 16.5. The third-order valence-corrected chi connectivity index (χ3v) is 4.42. The van der Waals surface area contributed by atoms with Gasteiger partial charge in [0.1, 0.15) is 5.01 Å². The molecule has 5 heteroatoms. The van der Waals surface area contributed by atoms with Crippen LogP contribution in [0.25, 0.3) is 0 Å². The van der Waals surface area contributed by atoms with Gasteiger partial charge in [-0.15, -0.1) is 11.3 Å². The van der Waals surface area contributed by atoms with Crippen molar-refractivity contribution < 1.29 is 4.79 Å². The number of aromatic nitrogens is 1. The van der Waals surface area contributed by atoms with Crippen LogP contribution >= 0.6 is 22.9 Å². The summed E-state index contributed by atoms with van der Waals surface area (Å²) in [5.41, 5.74) is 1.14. The Balaban J connectivity index is 2.00. The van der Waals surface area contributed by atoms with Crippen molar-refractivity contribution in [3.63, 3.8) is 0 Å². The minimum absolute atomic E-state index is 0.131. The van der Waals surface area contributed by atoms with E-state index in [0.717, 1.165) is 28.4 Å². The van der Waals surface area contributed by atoms with Crippen molar-refractivity contribution in [2.24, 2.45) is 0 Å². The first kappa shape index (κ1) is 17.7. The normalized spacial score (nSPS) is 11.0. The molecule has 1 heterocycles. The molecule has 3 nitrogen and oxygen atoms in total. The molecule has 1 amide bonds. The molecule has 122 valence electrons. The van der Waals surface area contributed by atoms with E-state index in [9.17, 15) is 4.79 Å². The van der Waals surface area contributed by atoms with E-state index in [1.807, 2.05) is 46.7 Å². The molecule has 0 saturated carbocycles. The summed E-state index contributed by atoms with van der Waals surface area (Å²) in [5, 5.41) is 3.63. The fraction of sp³-hybridized carbons (Fsp3) is 0.333. The van der Waals surface area contributed by atoms with E-state index >= 15 is 0 Å². The number of allylic oxidation sites excluding steroid dienone is 1. The van der Waals surface area contributed by atoms with Gasteiger partial charge in [-0.1, -0.05) is 42.8 Å². The van der Waals surface area contributed by atoms with Crippen LogP contribution in [0.15, 0.2) is 48.0 Å². The van der Waals surface area contributed by atoms with Crippen LogP contribution in [0.2, 0.25) is 5.02 Å². The number of hydrogen-bond donors (Lipinski definition) is 0. The average Bonchev–Trinajstić information content (AvgIpc) is 3.04. The molecule has 1 aromatic carbocycles. The maximum absolute atomic E-state index is 12.5. The highest BCUT2D eigenvalue weighted by Gasteiger charge is 2.14. The lowest BCUT2D eigenvalue weighted by molar-refractivity contribution is -0.130. The molecule has 0 aliphatic rings. The Labute approximate surface area is 146 Å². The number of carbonyl (C=O) groups is 1. The second-order valence-corrected chi connectivity index (χ2v) is 6.62. The molecule has 0 radical (unpaired) electrons. The number of carbonyl (C=O) groups excluding carboxylic acids is 1. The van der Waals surface area contributed by atoms with Crippen LogP contribution in [0.3, 0.4) is 0 Å². The monoisotopic (exact) mass is 348 g/mol. The van der Waals surface area contributed by atoms with Gasteiger partial charge in [-0.2, -0.15) is 0 Å².